The van der Waals surface area contributed by atoms with E-state index in [1.54, 1.807) is 7.11 Å². The molecule has 0 unspecified atom stereocenters. The van der Waals surface area contributed by atoms with Gasteiger partial charge in [-0.2, -0.15) is 5.06 Å². The summed E-state index contributed by atoms with van der Waals surface area (Å²) in [5.41, 5.74) is 0.937. The van der Waals surface area contributed by atoms with E-state index in [0.29, 0.717) is 0 Å². The van der Waals surface area contributed by atoms with Crippen molar-refractivity contribution in [1.82, 2.24) is 5.06 Å². The van der Waals surface area contributed by atoms with E-state index in [0.717, 1.165) is 11.3 Å². The maximum atomic E-state index is 12.1. The summed E-state index contributed by atoms with van der Waals surface area (Å²) in [7, 11) is 2.95. The van der Waals surface area contributed by atoms with Crippen LogP contribution in [0.3, 0.4) is 0 Å². The lowest BCUT2D eigenvalue weighted by Gasteiger charge is -2.21. The molecule has 0 aliphatic carbocycles. The predicted octanol–water partition coefficient (Wildman–Crippen LogP) is 1.72. The molecule has 132 valence electrons. The number of methoxy groups -OCH3 is 2. The van der Waals surface area contributed by atoms with E-state index < -0.39 is 6.04 Å². The highest BCUT2D eigenvalue weighted by Crippen LogP contribution is 2.39. The molecule has 1 saturated heterocycles. The zero-order valence-electron chi connectivity index (χ0n) is 14.4. The van der Waals surface area contributed by atoms with Crippen molar-refractivity contribution < 1.29 is 28.6 Å². The third-order valence-electron chi connectivity index (χ3n) is 4.04. The van der Waals surface area contributed by atoms with Gasteiger partial charge in [-0.25, -0.2) is 0 Å². The second kappa shape index (κ2) is 8.12. The van der Waals surface area contributed by atoms with Crippen molar-refractivity contribution in [3.63, 3.8) is 0 Å². The van der Waals surface area contributed by atoms with Crippen molar-refractivity contribution >= 4 is 11.9 Å². The fourth-order valence-electron chi connectivity index (χ4n) is 2.82. The lowest BCUT2D eigenvalue weighted by molar-refractivity contribution is -0.186. The molecule has 1 heterocycles. The number of hydrogen-bond acceptors (Lipinski definition) is 7. The van der Waals surface area contributed by atoms with Crippen LogP contribution in [0.4, 0.5) is 0 Å². The largest absolute Gasteiger partial charge is 0.497 e. The van der Waals surface area contributed by atoms with Gasteiger partial charge in [0.05, 0.1) is 20.8 Å². The fraction of sp³-hybridized carbons (Fsp3) is 0.529. The average molecular weight is 337 g/mol. The summed E-state index contributed by atoms with van der Waals surface area (Å²) in [6.07, 6.45) is -0.294. The molecule has 24 heavy (non-hydrogen) atoms. The number of ether oxygens (including phenoxy) is 3. The first kappa shape index (κ1) is 18.2. The highest BCUT2D eigenvalue weighted by Gasteiger charge is 2.46. The maximum absolute atomic E-state index is 12.1. The van der Waals surface area contributed by atoms with Gasteiger partial charge in [-0.1, -0.05) is 19.1 Å². The normalized spacial score (nSPS) is 23.8. The molecule has 0 saturated carbocycles. The lowest BCUT2D eigenvalue weighted by Crippen LogP contribution is -2.41. The molecular formula is C17H23NO6. The molecule has 0 radical (unpaired) electrons. The molecule has 2 rings (SSSR count). The molecule has 1 fully saturated rings. The van der Waals surface area contributed by atoms with E-state index >= 15 is 0 Å². The van der Waals surface area contributed by atoms with Crippen LogP contribution in [0.25, 0.3) is 0 Å². The summed E-state index contributed by atoms with van der Waals surface area (Å²) in [4.78, 5) is 29.0. The van der Waals surface area contributed by atoms with Gasteiger partial charge in [0.1, 0.15) is 24.5 Å². The molecule has 0 bridgehead atoms. The van der Waals surface area contributed by atoms with Crippen LogP contribution in [0.5, 0.6) is 5.75 Å². The molecule has 0 aromatic heterocycles. The van der Waals surface area contributed by atoms with Gasteiger partial charge < -0.3 is 14.2 Å². The molecule has 1 aromatic rings. The van der Waals surface area contributed by atoms with Gasteiger partial charge in [-0.15, -0.1) is 0 Å². The molecular weight excluding hydrogens is 314 g/mol. The summed E-state index contributed by atoms with van der Waals surface area (Å²) >= 11 is 0. The molecule has 1 aliphatic rings. The molecule has 1 aliphatic heterocycles. The van der Waals surface area contributed by atoms with Gasteiger partial charge in [0.2, 0.25) is 0 Å². The molecule has 3 atom stereocenters. The van der Waals surface area contributed by atoms with Crippen molar-refractivity contribution in [2.75, 3.05) is 27.4 Å². The minimum absolute atomic E-state index is 0.122. The Balaban J connectivity index is 2.15. The van der Waals surface area contributed by atoms with Crippen LogP contribution >= 0.6 is 0 Å². The Morgan fingerprint density at radius 2 is 1.88 bits per heavy atom. The standard InChI is InChI=1S/C17H23NO6/c1-11-15(17(20)22-4)18(9-10-23-12(2)19)24-16(11)13-5-7-14(21-3)8-6-13/h5-8,11,15-16H,9-10H2,1-4H3/t11-,15-,16-/m1/s1. The zero-order chi connectivity index (χ0) is 17.7. The Labute approximate surface area is 141 Å². The fourth-order valence-corrected chi connectivity index (χ4v) is 2.82. The van der Waals surface area contributed by atoms with E-state index in [-0.39, 0.29) is 37.1 Å². The number of hydrogen-bond donors (Lipinski definition) is 0. The molecule has 7 heteroatoms. The highest BCUT2D eigenvalue weighted by atomic mass is 16.7. The van der Waals surface area contributed by atoms with Crippen molar-refractivity contribution in [2.45, 2.75) is 26.0 Å². The Bertz CT molecular complexity index is 573. The van der Waals surface area contributed by atoms with Crippen LogP contribution in [0.1, 0.15) is 25.5 Å². The van der Waals surface area contributed by atoms with Gasteiger partial charge in [-0.3, -0.25) is 14.4 Å². The van der Waals surface area contributed by atoms with Crippen molar-refractivity contribution in [3.05, 3.63) is 29.8 Å². The highest BCUT2D eigenvalue weighted by molar-refractivity contribution is 5.76. The smallest absolute Gasteiger partial charge is 0.325 e. The monoisotopic (exact) mass is 337 g/mol. The first-order valence-corrected chi connectivity index (χ1v) is 7.76. The summed E-state index contributed by atoms with van der Waals surface area (Å²) in [5.74, 6) is -0.117. The predicted molar refractivity (Wildman–Crippen MR) is 85.1 cm³/mol. The Hall–Kier alpha value is -2.12. The van der Waals surface area contributed by atoms with Crippen LogP contribution in [0, 0.1) is 5.92 Å². The molecule has 0 N–H and O–H groups in total. The summed E-state index contributed by atoms with van der Waals surface area (Å²) < 4.78 is 15.0. The SMILES string of the molecule is COC(=O)[C@H]1[C@@H](C)[C@H](c2ccc(OC)cc2)ON1CCOC(C)=O. The minimum Gasteiger partial charge on any atom is -0.497 e. The lowest BCUT2D eigenvalue weighted by atomic mass is 9.92. The zero-order valence-corrected chi connectivity index (χ0v) is 14.4. The first-order chi connectivity index (χ1) is 11.5. The van der Waals surface area contributed by atoms with Gasteiger partial charge in [0.25, 0.3) is 0 Å². The average Bonchev–Trinajstić information content (AvgIpc) is 2.90. The van der Waals surface area contributed by atoms with Crippen LogP contribution in [0.15, 0.2) is 24.3 Å². The van der Waals surface area contributed by atoms with Crippen LogP contribution in [-0.2, 0) is 23.9 Å². The summed E-state index contributed by atoms with van der Waals surface area (Å²) in [5, 5.41) is 1.54. The second-order valence-corrected chi connectivity index (χ2v) is 5.61. The van der Waals surface area contributed by atoms with Crippen molar-refractivity contribution in [3.8, 4) is 5.75 Å². The van der Waals surface area contributed by atoms with Crippen LogP contribution in [0.2, 0.25) is 0 Å². The van der Waals surface area contributed by atoms with Crippen LogP contribution < -0.4 is 4.74 Å². The minimum atomic E-state index is -0.558. The molecule has 7 nitrogen and oxygen atoms in total. The number of carbonyl (C=O) groups excluding carboxylic acids is 2. The van der Waals surface area contributed by atoms with Crippen LogP contribution in [-0.4, -0.2) is 50.4 Å². The number of nitrogens with zero attached hydrogens (tertiary/aromatic N) is 1. The topological polar surface area (TPSA) is 74.3 Å². The van der Waals surface area contributed by atoms with E-state index in [1.165, 1.54) is 19.1 Å². The number of hydroxylamine groups is 2. The van der Waals surface area contributed by atoms with Gasteiger partial charge in [-0.05, 0) is 17.7 Å². The first-order valence-electron chi connectivity index (χ1n) is 7.76. The Morgan fingerprint density at radius 3 is 2.42 bits per heavy atom. The second-order valence-electron chi connectivity index (χ2n) is 5.61. The molecule has 0 amide bonds. The maximum Gasteiger partial charge on any atom is 0.325 e. The van der Waals surface area contributed by atoms with E-state index in [4.69, 9.17) is 19.0 Å². The number of carbonyl (C=O) groups is 2. The number of esters is 2. The van der Waals surface area contributed by atoms with Gasteiger partial charge in [0, 0.05) is 12.8 Å². The van der Waals surface area contributed by atoms with E-state index in [9.17, 15) is 9.59 Å². The van der Waals surface area contributed by atoms with Crippen molar-refractivity contribution in [1.29, 1.82) is 0 Å². The third-order valence-corrected chi connectivity index (χ3v) is 4.04. The van der Waals surface area contributed by atoms with E-state index in [1.807, 2.05) is 31.2 Å². The summed E-state index contributed by atoms with van der Waals surface area (Å²) in [6.45, 7) is 3.70. The van der Waals surface area contributed by atoms with Crippen molar-refractivity contribution in [2.24, 2.45) is 5.92 Å². The van der Waals surface area contributed by atoms with Gasteiger partial charge >= 0.3 is 11.9 Å². The number of rotatable bonds is 6. The quantitative estimate of drug-likeness (QED) is 0.732. The number of benzene rings is 1. The third kappa shape index (κ3) is 4.04. The molecule has 1 aromatic carbocycles. The molecule has 0 spiro atoms. The van der Waals surface area contributed by atoms with E-state index in [2.05, 4.69) is 0 Å². The van der Waals surface area contributed by atoms with Gasteiger partial charge in [0.15, 0.2) is 0 Å². The Kier molecular flexibility index (Phi) is 6.16. The Morgan fingerprint density at radius 1 is 1.21 bits per heavy atom. The summed E-state index contributed by atoms with van der Waals surface area (Å²) in [6, 6.07) is 6.95.